The molecule has 0 bridgehead atoms. The SMILES string of the molecule is COC(=O)C1CCc2c(-c3ccc(OC)c(OC)c3)nc(Cl)c(C)c2C1. The van der Waals surface area contributed by atoms with E-state index in [1.165, 1.54) is 7.11 Å². The average molecular weight is 376 g/mol. The van der Waals surface area contributed by atoms with Gasteiger partial charge in [-0.3, -0.25) is 4.79 Å². The van der Waals surface area contributed by atoms with Crippen LogP contribution in [0.3, 0.4) is 0 Å². The van der Waals surface area contributed by atoms with Gasteiger partial charge in [-0.25, -0.2) is 4.98 Å². The quantitative estimate of drug-likeness (QED) is 0.597. The van der Waals surface area contributed by atoms with Crippen LogP contribution in [0.1, 0.15) is 23.1 Å². The predicted octanol–water partition coefficient (Wildman–Crippen LogP) is 4.01. The van der Waals surface area contributed by atoms with E-state index < -0.39 is 0 Å². The number of carbonyl (C=O) groups is 1. The van der Waals surface area contributed by atoms with Crippen LogP contribution in [0, 0.1) is 12.8 Å². The van der Waals surface area contributed by atoms with E-state index in [1.54, 1.807) is 14.2 Å². The molecule has 0 fully saturated rings. The van der Waals surface area contributed by atoms with Crippen molar-refractivity contribution in [2.75, 3.05) is 21.3 Å². The molecule has 3 rings (SSSR count). The number of nitrogens with zero attached hydrogens (tertiary/aromatic N) is 1. The molecule has 0 saturated carbocycles. The van der Waals surface area contributed by atoms with Gasteiger partial charge in [0.2, 0.25) is 0 Å². The number of carbonyl (C=O) groups excluding carboxylic acids is 1. The van der Waals surface area contributed by atoms with E-state index in [9.17, 15) is 4.79 Å². The molecule has 5 nitrogen and oxygen atoms in total. The molecule has 1 aliphatic rings. The molecule has 1 aromatic carbocycles. The Morgan fingerprint density at radius 2 is 1.88 bits per heavy atom. The van der Waals surface area contributed by atoms with Crippen LogP contribution in [0.15, 0.2) is 18.2 Å². The van der Waals surface area contributed by atoms with E-state index in [2.05, 4.69) is 4.98 Å². The number of esters is 1. The lowest BCUT2D eigenvalue weighted by atomic mass is 9.80. The summed E-state index contributed by atoms with van der Waals surface area (Å²) >= 11 is 6.41. The minimum absolute atomic E-state index is 0.136. The monoisotopic (exact) mass is 375 g/mol. The largest absolute Gasteiger partial charge is 0.493 e. The number of aromatic nitrogens is 1. The van der Waals surface area contributed by atoms with Crippen molar-refractivity contribution < 1.29 is 19.0 Å². The number of benzene rings is 1. The first kappa shape index (κ1) is 18.5. The second-order valence-electron chi connectivity index (χ2n) is 6.37. The molecule has 138 valence electrons. The summed E-state index contributed by atoms with van der Waals surface area (Å²) in [5.74, 6) is 0.994. The summed E-state index contributed by atoms with van der Waals surface area (Å²) < 4.78 is 15.7. The fraction of sp³-hybridized carbons (Fsp3) is 0.400. The van der Waals surface area contributed by atoms with Gasteiger partial charge in [0.25, 0.3) is 0 Å². The third-order valence-corrected chi connectivity index (χ3v) is 5.38. The third kappa shape index (κ3) is 3.23. The van der Waals surface area contributed by atoms with Crippen molar-refractivity contribution in [2.24, 2.45) is 5.92 Å². The maximum absolute atomic E-state index is 12.0. The van der Waals surface area contributed by atoms with Crippen LogP contribution in [0.2, 0.25) is 5.15 Å². The molecule has 1 atom stereocenters. The molecule has 0 saturated heterocycles. The van der Waals surface area contributed by atoms with E-state index in [0.29, 0.717) is 23.1 Å². The van der Waals surface area contributed by atoms with E-state index in [-0.39, 0.29) is 11.9 Å². The number of halogens is 1. The normalized spacial score (nSPS) is 16.0. The van der Waals surface area contributed by atoms with Crippen molar-refractivity contribution in [2.45, 2.75) is 26.2 Å². The molecule has 1 heterocycles. The summed E-state index contributed by atoms with van der Waals surface area (Å²) in [5, 5.41) is 0.457. The van der Waals surface area contributed by atoms with E-state index >= 15 is 0 Å². The van der Waals surface area contributed by atoms with Crippen LogP contribution in [-0.4, -0.2) is 32.3 Å². The molecule has 0 spiro atoms. The summed E-state index contributed by atoms with van der Waals surface area (Å²) in [6, 6.07) is 5.71. The van der Waals surface area contributed by atoms with Gasteiger partial charge in [-0.15, -0.1) is 0 Å². The first-order chi connectivity index (χ1) is 12.5. The third-order valence-electron chi connectivity index (χ3n) is 5.01. The van der Waals surface area contributed by atoms with Gasteiger partial charge in [0.05, 0.1) is 32.9 Å². The van der Waals surface area contributed by atoms with Crippen LogP contribution in [0.5, 0.6) is 11.5 Å². The zero-order valence-corrected chi connectivity index (χ0v) is 16.1. The van der Waals surface area contributed by atoms with Crippen LogP contribution >= 0.6 is 11.6 Å². The molecular weight excluding hydrogens is 354 g/mol. The lowest BCUT2D eigenvalue weighted by molar-refractivity contribution is -0.145. The molecule has 6 heteroatoms. The Hall–Kier alpha value is -2.27. The summed E-state index contributed by atoms with van der Waals surface area (Å²) in [6.07, 6.45) is 2.11. The summed E-state index contributed by atoms with van der Waals surface area (Å²) in [5.41, 5.74) is 4.91. The van der Waals surface area contributed by atoms with E-state index in [1.807, 2.05) is 25.1 Å². The summed E-state index contributed by atoms with van der Waals surface area (Å²) in [4.78, 5) is 16.6. The number of hydrogen-bond acceptors (Lipinski definition) is 5. The minimum Gasteiger partial charge on any atom is -0.493 e. The minimum atomic E-state index is -0.171. The molecule has 1 unspecified atom stereocenters. The first-order valence-corrected chi connectivity index (χ1v) is 8.86. The molecule has 2 aromatic rings. The maximum atomic E-state index is 12.0. The van der Waals surface area contributed by atoms with Crippen LogP contribution in [-0.2, 0) is 22.4 Å². The molecule has 0 aliphatic heterocycles. The lowest BCUT2D eigenvalue weighted by Crippen LogP contribution is -2.25. The van der Waals surface area contributed by atoms with Crippen molar-refractivity contribution in [1.29, 1.82) is 0 Å². The average Bonchev–Trinajstić information content (AvgIpc) is 2.69. The second kappa shape index (κ2) is 7.54. The number of rotatable bonds is 4. The van der Waals surface area contributed by atoms with Gasteiger partial charge >= 0.3 is 5.97 Å². The van der Waals surface area contributed by atoms with Gasteiger partial charge in [-0.2, -0.15) is 0 Å². The second-order valence-corrected chi connectivity index (χ2v) is 6.72. The fourth-order valence-electron chi connectivity index (χ4n) is 3.55. The number of pyridine rings is 1. The fourth-order valence-corrected chi connectivity index (χ4v) is 3.74. The Morgan fingerprint density at radius 3 is 2.54 bits per heavy atom. The molecular formula is C20H22ClNO4. The lowest BCUT2D eigenvalue weighted by Gasteiger charge is -2.26. The Labute approximate surface area is 158 Å². The predicted molar refractivity (Wildman–Crippen MR) is 100 cm³/mol. The van der Waals surface area contributed by atoms with E-state index in [4.69, 9.17) is 25.8 Å². The zero-order valence-electron chi connectivity index (χ0n) is 15.4. The van der Waals surface area contributed by atoms with Gasteiger partial charge in [-0.05, 0) is 61.1 Å². The van der Waals surface area contributed by atoms with Crippen LogP contribution < -0.4 is 9.47 Å². The number of fused-ring (bicyclic) bond motifs is 1. The summed E-state index contributed by atoms with van der Waals surface area (Å²) in [7, 11) is 4.64. The van der Waals surface area contributed by atoms with Crippen molar-refractivity contribution in [3.63, 3.8) is 0 Å². The highest BCUT2D eigenvalue weighted by Gasteiger charge is 2.30. The molecule has 26 heavy (non-hydrogen) atoms. The van der Waals surface area contributed by atoms with E-state index in [0.717, 1.165) is 40.8 Å². The molecule has 1 aromatic heterocycles. The highest BCUT2D eigenvalue weighted by atomic mass is 35.5. The standard InChI is InChI=1S/C20H22ClNO4/c1-11-15-9-13(20(23)26-4)5-7-14(15)18(22-19(11)21)12-6-8-16(24-2)17(10-12)25-3/h6,8,10,13H,5,7,9H2,1-4H3. The maximum Gasteiger partial charge on any atom is 0.309 e. The van der Waals surface area contributed by atoms with Gasteiger partial charge in [0, 0.05) is 5.56 Å². The number of hydrogen-bond donors (Lipinski definition) is 0. The summed E-state index contributed by atoms with van der Waals surface area (Å²) in [6.45, 7) is 1.95. The van der Waals surface area contributed by atoms with Crippen molar-refractivity contribution in [1.82, 2.24) is 4.98 Å². The van der Waals surface area contributed by atoms with Gasteiger partial charge in [0.15, 0.2) is 11.5 Å². The Bertz CT molecular complexity index is 850. The Morgan fingerprint density at radius 1 is 1.15 bits per heavy atom. The van der Waals surface area contributed by atoms with Crippen LogP contribution in [0.25, 0.3) is 11.3 Å². The molecule has 0 radical (unpaired) electrons. The molecule has 0 N–H and O–H groups in total. The van der Waals surface area contributed by atoms with Gasteiger partial charge in [0.1, 0.15) is 5.15 Å². The molecule has 1 aliphatic carbocycles. The Balaban J connectivity index is 2.11. The number of methoxy groups -OCH3 is 3. The molecule has 0 amide bonds. The Kier molecular flexibility index (Phi) is 5.37. The van der Waals surface area contributed by atoms with Crippen LogP contribution in [0.4, 0.5) is 0 Å². The van der Waals surface area contributed by atoms with Crippen molar-refractivity contribution in [3.05, 3.63) is 40.0 Å². The smallest absolute Gasteiger partial charge is 0.309 e. The van der Waals surface area contributed by atoms with Gasteiger partial charge < -0.3 is 14.2 Å². The highest BCUT2D eigenvalue weighted by Crippen LogP contribution is 2.39. The van der Waals surface area contributed by atoms with Gasteiger partial charge in [-0.1, -0.05) is 11.6 Å². The zero-order chi connectivity index (χ0) is 18.8. The first-order valence-electron chi connectivity index (χ1n) is 8.48. The van der Waals surface area contributed by atoms with Crippen molar-refractivity contribution >= 4 is 17.6 Å². The highest BCUT2D eigenvalue weighted by molar-refractivity contribution is 6.30. The topological polar surface area (TPSA) is 57.7 Å². The van der Waals surface area contributed by atoms with Crippen molar-refractivity contribution in [3.8, 4) is 22.8 Å². The number of ether oxygens (including phenoxy) is 3.